The third-order valence-corrected chi connectivity index (χ3v) is 15.0. The molecule has 0 amide bonds. The lowest BCUT2D eigenvalue weighted by Gasteiger charge is -2.45. The van der Waals surface area contributed by atoms with Crippen LogP contribution in [0, 0.1) is 17.7 Å². The van der Waals surface area contributed by atoms with Gasteiger partial charge in [-0.2, -0.15) is 0 Å². The number of carbonyl (C=O) groups is 1. The van der Waals surface area contributed by atoms with Crippen LogP contribution < -0.4 is 10.4 Å². The summed E-state index contributed by atoms with van der Waals surface area (Å²) in [5, 5.41) is 12.4. The van der Waals surface area contributed by atoms with Crippen molar-refractivity contribution in [3.05, 3.63) is 126 Å². The Kier molecular flexibility index (Phi) is 11.9. The Balaban J connectivity index is 1.44. The van der Waals surface area contributed by atoms with Gasteiger partial charge in [-0.25, -0.2) is 4.39 Å². The molecule has 1 heterocycles. The van der Waals surface area contributed by atoms with Crippen molar-refractivity contribution in [1.29, 1.82) is 0 Å². The Morgan fingerprint density at radius 1 is 0.900 bits per heavy atom. The van der Waals surface area contributed by atoms with Crippen LogP contribution in [-0.2, 0) is 18.3 Å². The zero-order valence-corrected chi connectivity index (χ0v) is 31.1. The standard InChI is InChI=1S/C41H43FNO5PSi/c1-29(2)40-36(39(30-22-24-31(42)25-23-30)35-19-12-13-21-37(35)43-40)20-14-26-47-49(46)28-32(27-38(44)45)48-50(41(3,4)5,33-15-8-6-9-16-33)34-17-10-7-11-18-34/h6-13,15-19,21-25,29,32,49H,26-28H2,1-5H3,(H,44,45). The number of carboxylic acid groups (broad SMARTS) is 1. The number of pyridine rings is 1. The van der Waals surface area contributed by atoms with Crippen LogP contribution in [0.25, 0.3) is 22.0 Å². The summed E-state index contributed by atoms with van der Waals surface area (Å²) in [6, 6.07) is 34.0. The molecule has 0 radical (unpaired) electrons. The summed E-state index contributed by atoms with van der Waals surface area (Å²) in [7, 11) is -5.88. The lowest BCUT2D eigenvalue weighted by atomic mass is 9.91. The highest BCUT2D eigenvalue weighted by molar-refractivity contribution is 7.39. The number of hydrogen-bond donors (Lipinski definition) is 1. The lowest BCUT2D eigenvalue weighted by molar-refractivity contribution is -0.138. The summed E-state index contributed by atoms with van der Waals surface area (Å²) in [4.78, 5) is 17.0. The van der Waals surface area contributed by atoms with E-state index in [4.69, 9.17) is 13.9 Å². The second kappa shape index (κ2) is 16.1. The first-order valence-corrected chi connectivity index (χ1v) is 20.2. The molecule has 0 aliphatic carbocycles. The molecule has 50 heavy (non-hydrogen) atoms. The van der Waals surface area contributed by atoms with Crippen molar-refractivity contribution in [2.45, 2.75) is 58.1 Å². The van der Waals surface area contributed by atoms with Crippen LogP contribution in [0.2, 0.25) is 5.04 Å². The van der Waals surface area contributed by atoms with Gasteiger partial charge in [0, 0.05) is 17.1 Å². The molecule has 2 unspecified atom stereocenters. The predicted molar refractivity (Wildman–Crippen MR) is 203 cm³/mol. The first kappa shape index (κ1) is 36.9. The van der Waals surface area contributed by atoms with Crippen LogP contribution in [0.3, 0.4) is 0 Å². The third kappa shape index (κ3) is 8.31. The Labute approximate surface area is 295 Å². The number of carboxylic acids is 1. The fraction of sp³-hybridized carbons (Fsp3) is 0.268. The molecular formula is C41H43FNO5PSi. The van der Waals surface area contributed by atoms with Crippen LogP contribution in [0.1, 0.15) is 58.2 Å². The zero-order chi connectivity index (χ0) is 35.9. The maximum Gasteiger partial charge on any atom is 0.305 e. The molecule has 1 aromatic heterocycles. The molecule has 0 bridgehead atoms. The smallest absolute Gasteiger partial charge is 0.305 e. The third-order valence-electron chi connectivity index (χ3n) is 8.68. The molecule has 0 aliphatic heterocycles. The van der Waals surface area contributed by atoms with Crippen LogP contribution in [0.5, 0.6) is 0 Å². The van der Waals surface area contributed by atoms with Crippen molar-refractivity contribution in [2.75, 3.05) is 12.8 Å². The number of fused-ring (bicyclic) bond motifs is 1. The van der Waals surface area contributed by atoms with E-state index >= 15 is 0 Å². The van der Waals surface area contributed by atoms with Crippen molar-refractivity contribution in [2.24, 2.45) is 0 Å². The Morgan fingerprint density at radius 3 is 2.04 bits per heavy atom. The first-order chi connectivity index (χ1) is 23.9. The van der Waals surface area contributed by atoms with E-state index in [1.54, 1.807) is 12.1 Å². The number of halogens is 1. The molecule has 0 fully saturated rings. The summed E-state index contributed by atoms with van der Waals surface area (Å²) in [6.45, 7) is 10.3. The van der Waals surface area contributed by atoms with Gasteiger partial charge in [-0.15, -0.1) is 0 Å². The number of aliphatic carboxylic acids is 1. The van der Waals surface area contributed by atoms with Gasteiger partial charge in [-0.1, -0.05) is 137 Å². The Hall–Kier alpha value is -4.38. The molecule has 1 N–H and O–H groups in total. The average molecular weight is 708 g/mol. The van der Waals surface area contributed by atoms with Crippen molar-refractivity contribution in [3.8, 4) is 23.0 Å². The minimum absolute atomic E-state index is 0.0403. The summed E-state index contributed by atoms with van der Waals surface area (Å²) < 4.78 is 40.2. The molecular weight excluding hydrogens is 665 g/mol. The van der Waals surface area contributed by atoms with Crippen LogP contribution in [-0.4, -0.2) is 43.2 Å². The maximum atomic E-state index is 13.9. The minimum Gasteiger partial charge on any atom is -0.481 e. The largest absolute Gasteiger partial charge is 0.481 e. The highest BCUT2D eigenvalue weighted by Crippen LogP contribution is 2.39. The maximum absolute atomic E-state index is 13.9. The van der Waals surface area contributed by atoms with E-state index in [1.165, 1.54) is 12.1 Å². The molecule has 5 rings (SSSR count). The van der Waals surface area contributed by atoms with Gasteiger partial charge in [-0.05, 0) is 45.1 Å². The molecule has 0 saturated heterocycles. The van der Waals surface area contributed by atoms with Gasteiger partial charge in [0.25, 0.3) is 8.32 Å². The molecule has 5 aromatic rings. The highest BCUT2D eigenvalue weighted by atomic mass is 31.1. The molecule has 0 spiro atoms. The van der Waals surface area contributed by atoms with Gasteiger partial charge in [0.15, 0.2) is 8.03 Å². The number of para-hydroxylation sites is 1. The van der Waals surface area contributed by atoms with Crippen molar-refractivity contribution >= 4 is 43.6 Å². The van der Waals surface area contributed by atoms with E-state index in [0.717, 1.165) is 38.1 Å². The van der Waals surface area contributed by atoms with E-state index < -0.39 is 33.5 Å². The average Bonchev–Trinajstić information content (AvgIpc) is 3.09. The van der Waals surface area contributed by atoms with Gasteiger partial charge in [0.2, 0.25) is 0 Å². The van der Waals surface area contributed by atoms with E-state index in [1.807, 2.05) is 98.8 Å². The van der Waals surface area contributed by atoms with Gasteiger partial charge in [-0.3, -0.25) is 14.3 Å². The molecule has 2 atom stereocenters. The van der Waals surface area contributed by atoms with Gasteiger partial charge >= 0.3 is 5.97 Å². The van der Waals surface area contributed by atoms with E-state index in [0.29, 0.717) is 5.56 Å². The van der Waals surface area contributed by atoms with Crippen LogP contribution in [0.15, 0.2) is 109 Å². The van der Waals surface area contributed by atoms with E-state index in [9.17, 15) is 18.9 Å². The summed E-state index contributed by atoms with van der Waals surface area (Å²) in [5.41, 5.74) is 3.96. The summed E-state index contributed by atoms with van der Waals surface area (Å²) in [6.07, 6.45) is -1.25. The summed E-state index contributed by atoms with van der Waals surface area (Å²) >= 11 is 0. The lowest BCUT2D eigenvalue weighted by Crippen LogP contribution is -2.68. The number of nitrogens with zero attached hydrogens (tertiary/aromatic N) is 1. The number of hydrogen-bond acceptors (Lipinski definition) is 5. The monoisotopic (exact) mass is 707 g/mol. The molecule has 258 valence electrons. The second-order valence-corrected chi connectivity index (χ2v) is 19.3. The molecule has 0 saturated carbocycles. The zero-order valence-electron chi connectivity index (χ0n) is 29.1. The van der Waals surface area contributed by atoms with Crippen molar-refractivity contribution in [1.82, 2.24) is 4.98 Å². The SMILES string of the molecule is CC(C)c1nc2ccccc2c(-c2ccc(F)cc2)c1C#CCO[PH](=O)CC(CC(=O)O)O[Si](c1ccccc1)(c1ccccc1)C(C)(C)C. The predicted octanol–water partition coefficient (Wildman–Crippen LogP) is 8.43. The molecule has 9 heteroatoms. The fourth-order valence-corrected chi connectivity index (χ4v) is 12.3. The normalized spacial score (nSPS) is 13.1. The van der Waals surface area contributed by atoms with Gasteiger partial charge in [0.1, 0.15) is 12.4 Å². The minimum atomic E-state index is -3.11. The van der Waals surface area contributed by atoms with Crippen molar-refractivity contribution in [3.63, 3.8) is 0 Å². The quantitative estimate of drug-likeness (QED) is 0.0797. The highest BCUT2D eigenvalue weighted by Gasteiger charge is 2.51. The van der Waals surface area contributed by atoms with Crippen molar-refractivity contribution < 1.29 is 27.8 Å². The number of rotatable bonds is 12. The Morgan fingerprint density at radius 2 is 1.48 bits per heavy atom. The van der Waals surface area contributed by atoms with Crippen LogP contribution in [0.4, 0.5) is 4.39 Å². The molecule has 0 aliphatic rings. The summed E-state index contributed by atoms with van der Waals surface area (Å²) in [5.74, 6) is 4.95. The first-order valence-electron chi connectivity index (χ1n) is 16.7. The van der Waals surface area contributed by atoms with Gasteiger partial charge in [0.05, 0.1) is 29.3 Å². The Bertz CT molecular complexity index is 1980. The molecule has 6 nitrogen and oxygen atoms in total. The van der Waals surface area contributed by atoms with E-state index in [-0.39, 0.29) is 30.9 Å². The van der Waals surface area contributed by atoms with Crippen LogP contribution >= 0.6 is 8.03 Å². The van der Waals surface area contributed by atoms with Gasteiger partial charge < -0.3 is 14.1 Å². The second-order valence-electron chi connectivity index (χ2n) is 13.6. The number of aromatic nitrogens is 1. The fourth-order valence-electron chi connectivity index (χ4n) is 6.47. The number of benzene rings is 4. The van der Waals surface area contributed by atoms with E-state index in [2.05, 4.69) is 32.6 Å². The topological polar surface area (TPSA) is 85.7 Å². The molecule has 4 aromatic carbocycles.